The molecule has 7 heteroatoms. The minimum absolute atomic E-state index is 0.0276. The summed E-state index contributed by atoms with van der Waals surface area (Å²) in [6, 6.07) is 9.72. The molecular formula is C19H22N6O. The van der Waals surface area contributed by atoms with Crippen LogP contribution in [-0.4, -0.2) is 42.3 Å². The highest BCUT2D eigenvalue weighted by Crippen LogP contribution is 2.31. The molecule has 0 radical (unpaired) electrons. The van der Waals surface area contributed by atoms with Crippen molar-refractivity contribution in [2.45, 2.75) is 39.3 Å². The van der Waals surface area contributed by atoms with Crippen LogP contribution in [0.5, 0.6) is 0 Å². The monoisotopic (exact) mass is 350 g/mol. The summed E-state index contributed by atoms with van der Waals surface area (Å²) in [4.78, 5) is 19.3. The van der Waals surface area contributed by atoms with Crippen molar-refractivity contribution in [2.24, 2.45) is 0 Å². The van der Waals surface area contributed by atoms with Crippen molar-refractivity contribution in [1.82, 2.24) is 29.9 Å². The molecule has 3 aromatic rings. The van der Waals surface area contributed by atoms with Gasteiger partial charge in [0.2, 0.25) is 0 Å². The number of aryl methyl sites for hydroxylation is 2. The van der Waals surface area contributed by atoms with Crippen LogP contribution >= 0.6 is 0 Å². The lowest BCUT2D eigenvalue weighted by molar-refractivity contribution is 0.0727. The van der Waals surface area contributed by atoms with E-state index in [-0.39, 0.29) is 11.9 Å². The maximum Gasteiger partial charge on any atom is 0.274 e. The Kier molecular flexibility index (Phi) is 4.28. The minimum Gasteiger partial charge on any atom is -0.329 e. The summed E-state index contributed by atoms with van der Waals surface area (Å²) in [6.45, 7) is 5.30. The fraction of sp³-hybridized carbons (Fsp3) is 0.368. The van der Waals surface area contributed by atoms with E-state index in [2.05, 4.69) is 20.3 Å². The molecule has 1 atom stereocenters. The van der Waals surface area contributed by atoms with Gasteiger partial charge in [-0.25, -0.2) is 0 Å². The predicted molar refractivity (Wildman–Crippen MR) is 96.6 cm³/mol. The first kappa shape index (κ1) is 16.5. The van der Waals surface area contributed by atoms with Crippen molar-refractivity contribution in [3.05, 3.63) is 65.0 Å². The Balaban J connectivity index is 1.52. The molecule has 1 aliphatic heterocycles. The number of carbonyl (C=O) groups excluding carboxylic acids is 1. The number of carbonyl (C=O) groups is 1. The molecule has 0 spiro atoms. The normalized spacial score (nSPS) is 17.0. The molecule has 7 nitrogen and oxygen atoms in total. The van der Waals surface area contributed by atoms with Crippen molar-refractivity contribution in [3.8, 4) is 0 Å². The van der Waals surface area contributed by atoms with Gasteiger partial charge in [-0.15, -0.1) is 0 Å². The molecule has 1 N–H and O–H groups in total. The number of H-pyrrole nitrogens is 1. The molecule has 1 aliphatic rings. The number of pyridine rings is 1. The second-order valence-corrected chi connectivity index (χ2v) is 6.77. The second-order valence-electron chi connectivity index (χ2n) is 6.77. The van der Waals surface area contributed by atoms with Crippen LogP contribution in [0.25, 0.3) is 0 Å². The van der Waals surface area contributed by atoms with Crippen LogP contribution in [0.4, 0.5) is 0 Å². The zero-order chi connectivity index (χ0) is 18.1. The van der Waals surface area contributed by atoms with Crippen molar-refractivity contribution in [1.29, 1.82) is 0 Å². The molecule has 0 aromatic carbocycles. The first-order valence-corrected chi connectivity index (χ1v) is 8.89. The summed E-state index contributed by atoms with van der Waals surface area (Å²) >= 11 is 0. The summed E-state index contributed by atoms with van der Waals surface area (Å²) < 4.78 is 1.91. The lowest BCUT2D eigenvalue weighted by atomic mass is 10.1. The van der Waals surface area contributed by atoms with E-state index < -0.39 is 0 Å². The molecule has 4 heterocycles. The summed E-state index contributed by atoms with van der Waals surface area (Å²) in [5.41, 5.74) is 4.32. The van der Waals surface area contributed by atoms with Gasteiger partial charge in [0, 0.05) is 18.4 Å². The Morgan fingerprint density at radius 1 is 1.31 bits per heavy atom. The van der Waals surface area contributed by atoms with Gasteiger partial charge in [0.25, 0.3) is 5.91 Å². The van der Waals surface area contributed by atoms with E-state index in [0.29, 0.717) is 12.2 Å². The van der Waals surface area contributed by atoms with Crippen molar-refractivity contribution >= 4 is 5.91 Å². The predicted octanol–water partition coefficient (Wildman–Crippen LogP) is 2.64. The van der Waals surface area contributed by atoms with E-state index in [0.717, 1.165) is 42.2 Å². The van der Waals surface area contributed by atoms with Gasteiger partial charge >= 0.3 is 0 Å². The van der Waals surface area contributed by atoms with Gasteiger partial charge in [-0.1, -0.05) is 6.07 Å². The van der Waals surface area contributed by atoms with Crippen molar-refractivity contribution in [3.63, 3.8) is 0 Å². The van der Waals surface area contributed by atoms with E-state index in [9.17, 15) is 4.79 Å². The number of hydrogen-bond donors (Lipinski definition) is 1. The van der Waals surface area contributed by atoms with E-state index in [1.807, 2.05) is 53.8 Å². The third kappa shape index (κ3) is 3.12. The molecule has 0 saturated carbocycles. The molecular weight excluding hydrogens is 328 g/mol. The van der Waals surface area contributed by atoms with Gasteiger partial charge < -0.3 is 4.90 Å². The maximum absolute atomic E-state index is 13.0. The van der Waals surface area contributed by atoms with Gasteiger partial charge in [0.05, 0.1) is 29.7 Å². The summed E-state index contributed by atoms with van der Waals surface area (Å²) in [5, 5.41) is 11.7. The average Bonchev–Trinajstić information content (AvgIpc) is 3.36. The van der Waals surface area contributed by atoms with E-state index in [1.54, 1.807) is 6.20 Å². The van der Waals surface area contributed by atoms with Crippen molar-refractivity contribution in [2.75, 3.05) is 6.54 Å². The number of nitrogens with one attached hydrogen (secondary N) is 1. The number of rotatable bonds is 4. The first-order chi connectivity index (χ1) is 12.6. The van der Waals surface area contributed by atoms with Crippen molar-refractivity contribution < 1.29 is 4.79 Å². The Hall–Kier alpha value is -2.96. The van der Waals surface area contributed by atoms with Gasteiger partial charge in [0.1, 0.15) is 0 Å². The SMILES string of the molecule is Cc1cc(C)n(Cc2cc(C(=O)N3CCC[C@H]3c3ccccn3)n[nH]2)n1. The number of aromatic nitrogens is 5. The molecule has 4 rings (SSSR count). The quantitative estimate of drug-likeness (QED) is 0.784. The lowest BCUT2D eigenvalue weighted by Gasteiger charge is -2.23. The van der Waals surface area contributed by atoms with Crippen LogP contribution in [0.3, 0.4) is 0 Å². The molecule has 134 valence electrons. The first-order valence-electron chi connectivity index (χ1n) is 8.89. The molecule has 1 saturated heterocycles. The van der Waals surface area contributed by atoms with E-state index in [4.69, 9.17) is 0 Å². The lowest BCUT2D eigenvalue weighted by Crippen LogP contribution is -2.31. The Morgan fingerprint density at radius 2 is 2.19 bits per heavy atom. The Morgan fingerprint density at radius 3 is 2.92 bits per heavy atom. The fourth-order valence-electron chi connectivity index (χ4n) is 3.59. The highest BCUT2D eigenvalue weighted by molar-refractivity contribution is 5.92. The van der Waals surface area contributed by atoms with E-state index in [1.165, 1.54) is 0 Å². The number of likely N-dealkylation sites (tertiary alicyclic amines) is 1. The highest BCUT2D eigenvalue weighted by Gasteiger charge is 2.32. The van der Waals surface area contributed by atoms with Crippen LogP contribution in [-0.2, 0) is 6.54 Å². The largest absolute Gasteiger partial charge is 0.329 e. The van der Waals surface area contributed by atoms with Gasteiger partial charge in [-0.2, -0.15) is 10.2 Å². The maximum atomic E-state index is 13.0. The van der Waals surface area contributed by atoms with Gasteiger partial charge in [-0.3, -0.25) is 19.6 Å². The second kappa shape index (κ2) is 6.74. The number of nitrogens with zero attached hydrogens (tertiary/aromatic N) is 5. The van der Waals surface area contributed by atoms with Crippen LogP contribution in [0.15, 0.2) is 36.5 Å². The fourth-order valence-corrected chi connectivity index (χ4v) is 3.59. The minimum atomic E-state index is -0.0472. The summed E-state index contributed by atoms with van der Waals surface area (Å²) in [5.74, 6) is -0.0472. The standard InChI is InChI=1S/C19H22N6O/c1-13-10-14(2)25(23-13)12-15-11-17(22-21-15)19(26)24-9-5-7-18(24)16-6-3-4-8-20-16/h3-4,6,8,10-11,18H,5,7,9,12H2,1-2H3,(H,21,22)/t18-/m0/s1. The molecule has 0 unspecified atom stereocenters. The Labute approximate surface area is 152 Å². The highest BCUT2D eigenvalue weighted by atomic mass is 16.2. The molecule has 0 bridgehead atoms. The summed E-state index contributed by atoms with van der Waals surface area (Å²) in [6.07, 6.45) is 3.69. The van der Waals surface area contributed by atoms with Crippen LogP contribution < -0.4 is 0 Å². The molecule has 1 fully saturated rings. The molecule has 26 heavy (non-hydrogen) atoms. The summed E-state index contributed by atoms with van der Waals surface area (Å²) in [7, 11) is 0. The van der Waals surface area contributed by atoms with Crippen LogP contribution in [0, 0.1) is 13.8 Å². The zero-order valence-corrected chi connectivity index (χ0v) is 15.0. The van der Waals surface area contributed by atoms with Gasteiger partial charge in [-0.05, 0) is 51.0 Å². The van der Waals surface area contributed by atoms with Crippen LogP contribution in [0.1, 0.15) is 52.1 Å². The smallest absolute Gasteiger partial charge is 0.274 e. The Bertz CT molecular complexity index is 913. The third-order valence-electron chi connectivity index (χ3n) is 4.82. The number of amides is 1. The van der Waals surface area contributed by atoms with E-state index >= 15 is 0 Å². The van der Waals surface area contributed by atoms with Gasteiger partial charge in [0.15, 0.2) is 5.69 Å². The average molecular weight is 350 g/mol. The third-order valence-corrected chi connectivity index (χ3v) is 4.82. The van der Waals surface area contributed by atoms with Crippen LogP contribution in [0.2, 0.25) is 0 Å². The molecule has 1 amide bonds. The topological polar surface area (TPSA) is 79.7 Å². The number of aromatic amines is 1. The molecule has 3 aromatic heterocycles. The zero-order valence-electron chi connectivity index (χ0n) is 15.0. The number of hydrogen-bond acceptors (Lipinski definition) is 4. The molecule has 0 aliphatic carbocycles.